The van der Waals surface area contributed by atoms with Crippen molar-refractivity contribution >= 4 is 21.6 Å². The smallest absolute Gasteiger partial charge is 0.101 e. The molecule has 4 rings (SSSR count). The second-order valence-electron chi connectivity index (χ2n) is 8.29. The molecular weight excluding hydrogens is 314 g/mol. The zero-order valence-corrected chi connectivity index (χ0v) is 16.0. The maximum absolute atomic E-state index is 5.08. The van der Waals surface area contributed by atoms with Gasteiger partial charge >= 0.3 is 0 Å². The second-order valence-corrected chi connectivity index (χ2v) is 9.32. The molecule has 0 radical (unpaired) electrons. The van der Waals surface area contributed by atoms with Gasteiger partial charge in [-0.15, -0.1) is 11.3 Å². The van der Waals surface area contributed by atoms with Gasteiger partial charge in [0, 0.05) is 18.0 Å². The molecule has 130 valence electrons. The summed E-state index contributed by atoms with van der Waals surface area (Å²) in [5.41, 5.74) is 2.83. The van der Waals surface area contributed by atoms with Gasteiger partial charge in [0.05, 0.1) is 10.2 Å². The van der Waals surface area contributed by atoms with E-state index in [2.05, 4.69) is 49.3 Å². The first kappa shape index (κ1) is 16.5. The summed E-state index contributed by atoms with van der Waals surface area (Å²) in [7, 11) is 2.23. The van der Waals surface area contributed by atoms with Gasteiger partial charge in [-0.05, 0) is 69.4 Å². The van der Waals surface area contributed by atoms with Crippen LogP contribution in [0.1, 0.15) is 56.1 Å². The molecule has 24 heavy (non-hydrogen) atoms. The van der Waals surface area contributed by atoms with Crippen LogP contribution >= 0.6 is 11.3 Å². The van der Waals surface area contributed by atoms with E-state index in [1.54, 1.807) is 0 Å². The number of hydrogen-bond donors (Lipinski definition) is 1. The number of nitrogens with zero attached hydrogens (tertiary/aromatic N) is 2. The molecular formula is C20H29N3S. The average molecular weight is 344 g/mol. The Kier molecular flexibility index (Phi) is 4.40. The van der Waals surface area contributed by atoms with Crippen LogP contribution in [0.5, 0.6) is 0 Å². The number of nitrogens with one attached hydrogen (secondary N) is 1. The van der Waals surface area contributed by atoms with E-state index in [-0.39, 0.29) is 5.41 Å². The predicted octanol–water partition coefficient (Wildman–Crippen LogP) is 4.34. The lowest BCUT2D eigenvalue weighted by Crippen LogP contribution is -2.42. The highest BCUT2D eigenvalue weighted by molar-refractivity contribution is 7.18. The van der Waals surface area contributed by atoms with E-state index in [1.807, 2.05) is 11.3 Å². The maximum Gasteiger partial charge on any atom is 0.101 e. The Morgan fingerprint density at radius 2 is 2.21 bits per heavy atom. The number of piperidine rings is 2. The van der Waals surface area contributed by atoms with Crippen molar-refractivity contribution in [2.24, 2.45) is 5.92 Å². The topological polar surface area (TPSA) is 28.2 Å². The van der Waals surface area contributed by atoms with E-state index < -0.39 is 0 Å². The standard InChI is InChI=1S/C20H29N3S/c1-14-5-7-16(21-12-14)15-6-8-18-17(11-15)22-19(24-18)20(2)9-4-10-23(3)13-20/h6,8,11,14,16,21H,4-5,7,9-10,12-13H2,1-3H3/t14-,16+,20+/m0/s1. The van der Waals surface area contributed by atoms with Crippen molar-refractivity contribution in [1.29, 1.82) is 0 Å². The molecule has 0 amide bonds. The van der Waals surface area contributed by atoms with Gasteiger partial charge in [0.15, 0.2) is 0 Å². The van der Waals surface area contributed by atoms with Crippen molar-refractivity contribution in [3.63, 3.8) is 0 Å². The van der Waals surface area contributed by atoms with Crippen molar-refractivity contribution in [3.05, 3.63) is 28.8 Å². The summed E-state index contributed by atoms with van der Waals surface area (Å²) in [6, 6.07) is 7.44. The number of benzene rings is 1. The molecule has 0 aliphatic carbocycles. The molecule has 1 N–H and O–H groups in total. The third kappa shape index (κ3) is 3.12. The maximum atomic E-state index is 5.08. The first-order valence-corrected chi connectivity index (χ1v) is 10.2. The van der Waals surface area contributed by atoms with Gasteiger partial charge in [0.2, 0.25) is 0 Å². The Bertz CT molecular complexity index is 717. The summed E-state index contributed by atoms with van der Waals surface area (Å²) in [5.74, 6) is 0.805. The molecule has 3 heterocycles. The largest absolute Gasteiger partial charge is 0.310 e. The van der Waals surface area contributed by atoms with Gasteiger partial charge in [-0.2, -0.15) is 0 Å². The predicted molar refractivity (Wildman–Crippen MR) is 103 cm³/mol. The second kappa shape index (κ2) is 6.40. The van der Waals surface area contributed by atoms with Crippen LogP contribution < -0.4 is 5.32 Å². The fourth-order valence-electron chi connectivity index (χ4n) is 4.37. The van der Waals surface area contributed by atoms with Crippen LogP contribution in [0.2, 0.25) is 0 Å². The van der Waals surface area contributed by atoms with Crippen molar-refractivity contribution in [2.75, 3.05) is 26.7 Å². The molecule has 2 saturated heterocycles. The number of aromatic nitrogens is 1. The summed E-state index contributed by atoms with van der Waals surface area (Å²) in [6.45, 7) is 8.21. The number of likely N-dealkylation sites (tertiary alicyclic amines) is 1. The van der Waals surface area contributed by atoms with Crippen LogP contribution in [-0.2, 0) is 5.41 Å². The first-order chi connectivity index (χ1) is 11.5. The Morgan fingerprint density at radius 1 is 1.33 bits per heavy atom. The van der Waals surface area contributed by atoms with Gasteiger partial charge in [-0.25, -0.2) is 4.98 Å². The lowest BCUT2D eigenvalue weighted by molar-refractivity contribution is 0.188. The molecule has 0 bridgehead atoms. The zero-order chi connectivity index (χ0) is 16.7. The van der Waals surface area contributed by atoms with E-state index in [0.717, 1.165) is 19.0 Å². The van der Waals surface area contributed by atoms with E-state index >= 15 is 0 Å². The molecule has 0 spiro atoms. The Balaban J connectivity index is 1.61. The lowest BCUT2D eigenvalue weighted by Gasteiger charge is -2.37. The van der Waals surface area contributed by atoms with Crippen LogP contribution in [0.15, 0.2) is 18.2 Å². The molecule has 3 atom stereocenters. The molecule has 2 aromatic rings. The Hall–Kier alpha value is -0.970. The number of likely N-dealkylation sites (N-methyl/N-ethyl adjacent to an activating group) is 1. The van der Waals surface area contributed by atoms with E-state index in [1.165, 1.54) is 53.0 Å². The number of rotatable bonds is 2. The summed E-state index contributed by atoms with van der Waals surface area (Å²) < 4.78 is 1.34. The third-order valence-corrected chi connectivity index (χ3v) is 7.22. The van der Waals surface area contributed by atoms with Gasteiger partial charge in [0.1, 0.15) is 5.01 Å². The van der Waals surface area contributed by atoms with Crippen LogP contribution in [-0.4, -0.2) is 36.6 Å². The highest BCUT2D eigenvalue weighted by Crippen LogP contribution is 2.38. The van der Waals surface area contributed by atoms with Crippen molar-refractivity contribution in [1.82, 2.24) is 15.2 Å². The normalized spacial score (nSPS) is 32.3. The molecule has 4 heteroatoms. The van der Waals surface area contributed by atoms with Crippen molar-refractivity contribution in [3.8, 4) is 0 Å². The molecule has 3 nitrogen and oxygen atoms in total. The van der Waals surface area contributed by atoms with Crippen LogP contribution in [0.4, 0.5) is 0 Å². The number of thiazole rings is 1. The minimum atomic E-state index is 0.218. The Morgan fingerprint density at radius 3 is 2.96 bits per heavy atom. The molecule has 2 aliphatic rings. The van der Waals surface area contributed by atoms with Crippen LogP contribution in [0, 0.1) is 5.92 Å². The summed E-state index contributed by atoms with van der Waals surface area (Å²) in [6.07, 6.45) is 5.10. The summed E-state index contributed by atoms with van der Waals surface area (Å²) in [4.78, 5) is 7.53. The van der Waals surface area contributed by atoms with Gasteiger partial charge in [-0.3, -0.25) is 0 Å². The first-order valence-electron chi connectivity index (χ1n) is 9.36. The summed E-state index contributed by atoms with van der Waals surface area (Å²) >= 11 is 1.90. The van der Waals surface area contributed by atoms with E-state index in [0.29, 0.717) is 6.04 Å². The quantitative estimate of drug-likeness (QED) is 0.879. The van der Waals surface area contributed by atoms with Crippen LogP contribution in [0.3, 0.4) is 0 Å². The van der Waals surface area contributed by atoms with Gasteiger partial charge in [0.25, 0.3) is 0 Å². The minimum absolute atomic E-state index is 0.218. The van der Waals surface area contributed by atoms with Gasteiger partial charge < -0.3 is 10.2 Å². The fourth-order valence-corrected chi connectivity index (χ4v) is 5.48. The van der Waals surface area contributed by atoms with E-state index in [9.17, 15) is 0 Å². The monoisotopic (exact) mass is 343 g/mol. The Labute approximate surface area is 149 Å². The highest BCUT2D eigenvalue weighted by atomic mass is 32.1. The third-order valence-electron chi connectivity index (χ3n) is 5.88. The van der Waals surface area contributed by atoms with Crippen molar-refractivity contribution in [2.45, 2.75) is 51.0 Å². The number of fused-ring (bicyclic) bond motifs is 1. The highest BCUT2D eigenvalue weighted by Gasteiger charge is 2.34. The molecule has 1 aromatic heterocycles. The minimum Gasteiger partial charge on any atom is -0.310 e. The summed E-state index contributed by atoms with van der Waals surface area (Å²) in [5, 5.41) is 5.03. The molecule has 2 fully saturated rings. The fraction of sp³-hybridized carbons (Fsp3) is 0.650. The van der Waals surface area contributed by atoms with Crippen molar-refractivity contribution < 1.29 is 0 Å². The van der Waals surface area contributed by atoms with E-state index in [4.69, 9.17) is 4.98 Å². The van der Waals surface area contributed by atoms with Crippen LogP contribution in [0.25, 0.3) is 10.2 Å². The zero-order valence-electron chi connectivity index (χ0n) is 15.1. The molecule has 0 saturated carbocycles. The number of hydrogen-bond acceptors (Lipinski definition) is 4. The SMILES string of the molecule is C[C@H]1CC[C@H](c2ccc3sc([C@]4(C)CCCN(C)C4)nc3c2)NC1. The molecule has 1 aromatic carbocycles. The average Bonchev–Trinajstić information content (AvgIpc) is 2.99. The lowest BCUT2D eigenvalue weighted by atomic mass is 9.83. The van der Waals surface area contributed by atoms with Gasteiger partial charge in [-0.1, -0.05) is 19.9 Å². The molecule has 0 unspecified atom stereocenters. The molecule has 2 aliphatic heterocycles.